The molecular weight excluding hydrogens is 230 g/mol. The van der Waals surface area contributed by atoms with Gasteiger partial charge < -0.3 is 5.32 Å². The van der Waals surface area contributed by atoms with E-state index in [1.54, 1.807) is 12.1 Å². The van der Waals surface area contributed by atoms with E-state index in [-0.39, 0.29) is 11.3 Å². The van der Waals surface area contributed by atoms with Gasteiger partial charge in [0.1, 0.15) is 11.6 Å². The lowest BCUT2D eigenvalue weighted by Crippen LogP contribution is -2.05. The van der Waals surface area contributed by atoms with Gasteiger partial charge in [-0.2, -0.15) is 5.26 Å². The highest BCUT2D eigenvalue weighted by atomic mass is 16.6. The van der Waals surface area contributed by atoms with Crippen molar-refractivity contribution < 1.29 is 4.92 Å². The molecule has 2 rings (SSSR count). The average Bonchev–Trinajstić information content (AvgIpc) is 3.07. The minimum absolute atomic E-state index is 0.109. The van der Waals surface area contributed by atoms with E-state index in [9.17, 15) is 10.1 Å². The number of nitro groups is 1. The third kappa shape index (κ3) is 2.59. The van der Waals surface area contributed by atoms with E-state index in [0.29, 0.717) is 12.0 Å². The van der Waals surface area contributed by atoms with Gasteiger partial charge in [-0.3, -0.25) is 10.1 Å². The second kappa shape index (κ2) is 5.05. The Labute approximate surface area is 106 Å². The van der Waals surface area contributed by atoms with Crippen LogP contribution in [-0.4, -0.2) is 11.0 Å². The van der Waals surface area contributed by atoms with Gasteiger partial charge in [0.2, 0.25) is 0 Å². The first kappa shape index (κ1) is 12.4. The molecule has 18 heavy (non-hydrogen) atoms. The highest BCUT2D eigenvalue weighted by molar-refractivity contribution is 5.59. The van der Waals surface area contributed by atoms with Crippen molar-refractivity contribution in [1.82, 2.24) is 0 Å². The topological polar surface area (TPSA) is 79.0 Å². The standard InChI is InChI=1S/C13H15N3O2/c1-2-3-9-7-12(9)15-11-4-5-13(16(17)18)10(6-11)8-14/h4-6,9,12,15H,2-3,7H2,1H3. The Hall–Kier alpha value is -2.09. The summed E-state index contributed by atoms with van der Waals surface area (Å²) in [5.41, 5.74) is 0.766. The van der Waals surface area contributed by atoms with Crippen LogP contribution in [0.3, 0.4) is 0 Å². The number of nitro benzene ring substituents is 1. The van der Waals surface area contributed by atoms with E-state index in [1.165, 1.54) is 18.9 Å². The van der Waals surface area contributed by atoms with Crippen LogP contribution in [0.25, 0.3) is 0 Å². The molecule has 1 aliphatic rings. The van der Waals surface area contributed by atoms with E-state index < -0.39 is 4.92 Å². The van der Waals surface area contributed by atoms with Crippen molar-refractivity contribution in [2.45, 2.75) is 32.2 Å². The molecule has 0 bridgehead atoms. The summed E-state index contributed by atoms with van der Waals surface area (Å²) >= 11 is 0. The van der Waals surface area contributed by atoms with Gasteiger partial charge in [0.05, 0.1) is 4.92 Å². The molecule has 1 saturated carbocycles. The number of rotatable bonds is 5. The van der Waals surface area contributed by atoms with Crippen molar-refractivity contribution in [2.24, 2.45) is 5.92 Å². The highest BCUT2D eigenvalue weighted by Crippen LogP contribution is 2.37. The largest absolute Gasteiger partial charge is 0.382 e. The number of hydrogen-bond acceptors (Lipinski definition) is 4. The minimum atomic E-state index is -0.528. The van der Waals surface area contributed by atoms with Gasteiger partial charge >= 0.3 is 0 Å². The van der Waals surface area contributed by atoms with E-state index in [4.69, 9.17) is 5.26 Å². The summed E-state index contributed by atoms with van der Waals surface area (Å²) < 4.78 is 0. The van der Waals surface area contributed by atoms with Gasteiger partial charge in [0.15, 0.2) is 0 Å². The first-order valence-corrected chi connectivity index (χ1v) is 6.10. The van der Waals surface area contributed by atoms with E-state index in [2.05, 4.69) is 12.2 Å². The van der Waals surface area contributed by atoms with Gasteiger partial charge in [-0.1, -0.05) is 13.3 Å². The minimum Gasteiger partial charge on any atom is -0.382 e. The number of nitrogens with zero attached hydrogens (tertiary/aromatic N) is 2. The van der Waals surface area contributed by atoms with Crippen LogP contribution in [0.1, 0.15) is 31.7 Å². The molecular formula is C13H15N3O2. The van der Waals surface area contributed by atoms with Gasteiger partial charge in [0, 0.05) is 17.8 Å². The summed E-state index contributed by atoms with van der Waals surface area (Å²) in [5.74, 6) is 0.704. The summed E-state index contributed by atoms with van der Waals surface area (Å²) in [4.78, 5) is 10.2. The van der Waals surface area contributed by atoms with Crippen LogP contribution in [-0.2, 0) is 0 Å². The molecule has 2 unspecified atom stereocenters. The van der Waals surface area contributed by atoms with Crippen molar-refractivity contribution in [3.8, 4) is 6.07 Å². The summed E-state index contributed by atoms with van der Waals surface area (Å²) in [6, 6.07) is 6.93. The fraction of sp³-hybridized carbons (Fsp3) is 0.462. The Morgan fingerprint density at radius 2 is 2.39 bits per heavy atom. The molecule has 2 atom stereocenters. The number of anilines is 1. The Balaban J connectivity index is 2.07. The number of nitriles is 1. The zero-order chi connectivity index (χ0) is 13.1. The van der Waals surface area contributed by atoms with Crippen molar-refractivity contribution in [3.63, 3.8) is 0 Å². The first-order chi connectivity index (χ1) is 8.65. The van der Waals surface area contributed by atoms with Crippen LogP contribution >= 0.6 is 0 Å². The molecule has 0 spiro atoms. The van der Waals surface area contributed by atoms with Gasteiger partial charge in [-0.05, 0) is 30.9 Å². The van der Waals surface area contributed by atoms with Gasteiger partial charge in [-0.25, -0.2) is 0 Å². The lowest BCUT2D eigenvalue weighted by atomic mass is 10.1. The Morgan fingerprint density at radius 3 is 3.00 bits per heavy atom. The van der Waals surface area contributed by atoms with Gasteiger partial charge in [-0.15, -0.1) is 0 Å². The van der Waals surface area contributed by atoms with Crippen LogP contribution in [0.4, 0.5) is 11.4 Å². The lowest BCUT2D eigenvalue weighted by molar-refractivity contribution is -0.385. The molecule has 0 aromatic heterocycles. The average molecular weight is 245 g/mol. The maximum absolute atomic E-state index is 10.7. The fourth-order valence-electron chi connectivity index (χ4n) is 2.20. The predicted octanol–water partition coefficient (Wildman–Crippen LogP) is 3.07. The normalized spacial score (nSPS) is 21.1. The monoisotopic (exact) mass is 245 g/mol. The lowest BCUT2D eigenvalue weighted by Gasteiger charge is -2.06. The summed E-state index contributed by atoms with van der Waals surface area (Å²) in [6.07, 6.45) is 3.52. The molecule has 0 heterocycles. The molecule has 0 amide bonds. The third-order valence-corrected chi connectivity index (χ3v) is 3.25. The zero-order valence-corrected chi connectivity index (χ0v) is 10.2. The smallest absolute Gasteiger partial charge is 0.287 e. The molecule has 1 aromatic carbocycles. The molecule has 0 saturated heterocycles. The van der Waals surface area contributed by atoms with E-state index in [0.717, 1.165) is 12.1 Å². The van der Waals surface area contributed by atoms with Crippen LogP contribution in [0, 0.1) is 27.4 Å². The fourth-order valence-corrected chi connectivity index (χ4v) is 2.20. The van der Waals surface area contributed by atoms with Crippen molar-refractivity contribution in [3.05, 3.63) is 33.9 Å². The predicted molar refractivity (Wildman–Crippen MR) is 68.2 cm³/mol. The molecule has 1 aliphatic carbocycles. The van der Waals surface area contributed by atoms with E-state index >= 15 is 0 Å². The maximum Gasteiger partial charge on any atom is 0.287 e. The molecule has 5 nitrogen and oxygen atoms in total. The van der Waals surface area contributed by atoms with Crippen molar-refractivity contribution in [2.75, 3.05) is 5.32 Å². The first-order valence-electron chi connectivity index (χ1n) is 6.10. The molecule has 5 heteroatoms. The molecule has 0 aliphatic heterocycles. The molecule has 0 radical (unpaired) electrons. The molecule has 94 valence electrons. The van der Waals surface area contributed by atoms with Crippen LogP contribution < -0.4 is 5.32 Å². The van der Waals surface area contributed by atoms with Crippen LogP contribution in [0.15, 0.2) is 18.2 Å². The zero-order valence-electron chi connectivity index (χ0n) is 10.2. The second-order valence-corrected chi connectivity index (χ2v) is 4.64. The van der Waals surface area contributed by atoms with Crippen LogP contribution in [0.5, 0.6) is 0 Å². The maximum atomic E-state index is 10.7. The summed E-state index contributed by atoms with van der Waals surface area (Å²) in [7, 11) is 0. The number of nitrogens with one attached hydrogen (secondary N) is 1. The molecule has 1 aromatic rings. The number of hydrogen-bond donors (Lipinski definition) is 1. The third-order valence-electron chi connectivity index (χ3n) is 3.25. The Kier molecular flexibility index (Phi) is 3.47. The quantitative estimate of drug-likeness (QED) is 0.638. The SMILES string of the molecule is CCCC1CC1Nc1ccc([N+](=O)[O-])c(C#N)c1. The second-order valence-electron chi connectivity index (χ2n) is 4.64. The molecule has 1 N–H and O–H groups in total. The van der Waals surface area contributed by atoms with Crippen molar-refractivity contribution in [1.29, 1.82) is 5.26 Å². The Morgan fingerprint density at radius 1 is 1.61 bits per heavy atom. The highest BCUT2D eigenvalue weighted by Gasteiger charge is 2.35. The van der Waals surface area contributed by atoms with Crippen LogP contribution in [0.2, 0.25) is 0 Å². The molecule has 1 fully saturated rings. The summed E-state index contributed by atoms with van der Waals surface area (Å²) in [5, 5.41) is 22.9. The van der Waals surface area contributed by atoms with Crippen molar-refractivity contribution >= 4 is 11.4 Å². The van der Waals surface area contributed by atoms with Gasteiger partial charge in [0.25, 0.3) is 5.69 Å². The number of benzene rings is 1. The summed E-state index contributed by atoms with van der Waals surface area (Å²) in [6.45, 7) is 2.16. The van der Waals surface area contributed by atoms with E-state index in [1.807, 2.05) is 6.07 Å². The Bertz CT molecular complexity index is 507.